The van der Waals surface area contributed by atoms with E-state index in [1.807, 2.05) is 0 Å². The topological polar surface area (TPSA) is 66.7 Å². The van der Waals surface area contributed by atoms with Gasteiger partial charge in [0.2, 0.25) is 0 Å². The smallest absolute Gasteiger partial charge is 0.270 e. The zero-order valence-corrected chi connectivity index (χ0v) is 13.5. The van der Waals surface area contributed by atoms with Crippen molar-refractivity contribution in [3.63, 3.8) is 0 Å². The highest BCUT2D eigenvalue weighted by molar-refractivity contribution is 5.95. The summed E-state index contributed by atoms with van der Waals surface area (Å²) in [5.74, 6) is -0.151. The Morgan fingerprint density at radius 1 is 1.04 bits per heavy atom. The second-order valence-corrected chi connectivity index (χ2v) is 5.92. The highest BCUT2D eigenvalue weighted by atomic mass is 16.6. The lowest BCUT2D eigenvalue weighted by Gasteiger charge is -2.36. The van der Waals surface area contributed by atoms with Crippen LogP contribution in [0.25, 0.3) is 0 Å². The van der Waals surface area contributed by atoms with Gasteiger partial charge in [0.25, 0.3) is 11.6 Å². The third kappa shape index (κ3) is 3.37. The standard InChI is InChI=1S/C18H19N3O3/c1-14-5-7-16(8-6-14)19-9-11-20(12-10-19)18(22)15-3-2-4-17(13-15)21(23)24/h2-8,13H,9-12H2,1H3. The van der Waals surface area contributed by atoms with E-state index in [-0.39, 0.29) is 11.6 Å². The van der Waals surface area contributed by atoms with Gasteiger partial charge in [0.1, 0.15) is 0 Å². The molecule has 0 N–H and O–H groups in total. The van der Waals surface area contributed by atoms with Crippen LogP contribution in [0.3, 0.4) is 0 Å². The second-order valence-electron chi connectivity index (χ2n) is 5.92. The lowest BCUT2D eigenvalue weighted by molar-refractivity contribution is -0.384. The van der Waals surface area contributed by atoms with Crippen molar-refractivity contribution >= 4 is 17.3 Å². The number of nitro benzene ring substituents is 1. The van der Waals surface area contributed by atoms with Crippen LogP contribution in [-0.4, -0.2) is 41.9 Å². The van der Waals surface area contributed by atoms with E-state index in [0.717, 1.165) is 18.8 Å². The number of benzene rings is 2. The quantitative estimate of drug-likeness (QED) is 0.643. The molecule has 0 unspecified atom stereocenters. The molecule has 2 aromatic carbocycles. The fourth-order valence-corrected chi connectivity index (χ4v) is 2.86. The first-order chi connectivity index (χ1) is 11.5. The summed E-state index contributed by atoms with van der Waals surface area (Å²) in [6.45, 7) is 4.78. The fraction of sp³-hybridized carbons (Fsp3) is 0.278. The van der Waals surface area contributed by atoms with Crippen molar-refractivity contribution < 1.29 is 9.72 Å². The van der Waals surface area contributed by atoms with E-state index in [2.05, 4.69) is 36.1 Å². The first-order valence-corrected chi connectivity index (χ1v) is 7.90. The van der Waals surface area contributed by atoms with Gasteiger partial charge in [-0.25, -0.2) is 0 Å². The van der Waals surface area contributed by atoms with Crippen LogP contribution in [0.5, 0.6) is 0 Å². The molecule has 0 spiro atoms. The Balaban J connectivity index is 1.66. The lowest BCUT2D eigenvalue weighted by atomic mass is 10.1. The average molecular weight is 325 g/mol. The molecule has 6 nitrogen and oxygen atoms in total. The number of carbonyl (C=O) groups excluding carboxylic acids is 1. The molecule has 0 aromatic heterocycles. The number of nitrogens with zero attached hydrogens (tertiary/aromatic N) is 3. The zero-order chi connectivity index (χ0) is 17.1. The highest BCUT2D eigenvalue weighted by Crippen LogP contribution is 2.19. The van der Waals surface area contributed by atoms with Crippen molar-refractivity contribution in [3.05, 3.63) is 69.8 Å². The van der Waals surface area contributed by atoms with Gasteiger partial charge < -0.3 is 9.80 Å². The Labute approximate surface area is 140 Å². The summed E-state index contributed by atoms with van der Waals surface area (Å²) in [4.78, 5) is 26.9. The number of aryl methyl sites for hydroxylation is 1. The van der Waals surface area contributed by atoms with Crippen LogP contribution < -0.4 is 4.90 Å². The maximum absolute atomic E-state index is 12.5. The van der Waals surface area contributed by atoms with Crippen LogP contribution in [0.4, 0.5) is 11.4 Å². The second kappa shape index (κ2) is 6.70. The predicted octanol–water partition coefficient (Wildman–Crippen LogP) is 2.87. The van der Waals surface area contributed by atoms with E-state index in [0.29, 0.717) is 18.7 Å². The molecular weight excluding hydrogens is 306 g/mol. The summed E-state index contributed by atoms with van der Waals surface area (Å²) >= 11 is 0. The van der Waals surface area contributed by atoms with E-state index in [1.54, 1.807) is 17.0 Å². The molecule has 1 aliphatic heterocycles. The summed E-state index contributed by atoms with van der Waals surface area (Å²) in [6, 6.07) is 14.3. The van der Waals surface area contributed by atoms with Gasteiger partial charge in [0.15, 0.2) is 0 Å². The van der Waals surface area contributed by atoms with Gasteiger partial charge in [-0.05, 0) is 25.1 Å². The highest BCUT2D eigenvalue weighted by Gasteiger charge is 2.23. The van der Waals surface area contributed by atoms with Gasteiger partial charge in [0.05, 0.1) is 4.92 Å². The number of hydrogen-bond acceptors (Lipinski definition) is 4. The van der Waals surface area contributed by atoms with Crippen molar-refractivity contribution in [2.45, 2.75) is 6.92 Å². The van der Waals surface area contributed by atoms with Gasteiger partial charge >= 0.3 is 0 Å². The summed E-state index contributed by atoms with van der Waals surface area (Å²) in [7, 11) is 0. The molecule has 6 heteroatoms. The molecule has 24 heavy (non-hydrogen) atoms. The number of nitro groups is 1. The predicted molar refractivity (Wildman–Crippen MR) is 92.4 cm³/mol. The van der Waals surface area contributed by atoms with Crippen LogP contribution >= 0.6 is 0 Å². The summed E-state index contributed by atoms with van der Waals surface area (Å²) < 4.78 is 0. The largest absolute Gasteiger partial charge is 0.368 e. The van der Waals surface area contributed by atoms with Gasteiger partial charge in [-0.1, -0.05) is 23.8 Å². The Morgan fingerprint density at radius 2 is 1.71 bits per heavy atom. The first kappa shape index (κ1) is 16.0. The maximum atomic E-state index is 12.5. The third-order valence-electron chi connectivity index (χ3n) is 4.27. The Kier molecular flexibility index (Phi) is 4.46. The maximum Gasteiger partial charge on any atom is 0.270 e. The van der Waals surface area contributed by atoms with Crippen molar-refractivity contribution in [2.75, 3.05) is 31.1 Å². The van der Waals surface area contributed by atoms with Crippen LogP contribution in [0, 0.1) is 17.0 Å². The van der Waals surface area contributed by atoms with E-state index in [4.69, 9.17) is 0 Å². The van der Waals surface area contributed by atoms with E-state index < -0.39 is 4.92 Å². The monoisotopic (exact) mass is 325 g/mol. The molecule has 3 rings (SSSR count). The van der Waals surface area contributed by atoms with Crippen molar-refractivity contribution in [3.8, 4) is 0 Å². The SMILES string of the molecule is Cc1ccc(N2CCN(C(=O)c3cccc([N+](=O)[O-])c3)CC2)cc1. The lowest BCUT2D eigenvalue weighted by Crippen LogP contribution is -2.48. The zero-order valence-electron chi connectivity index (χ0n) is 13.5. The minimum absolute atomic E-state index is 0.0564. The summed E-state index contributed by atoms with van der Waals surface area (Å²) in [6.07, 6.45) is 0. The van der Waals surface area contributed by atoms with Crippen molar-refractivity contribution in [1.29, 1.82) is 0 Å². The molecule has 0 atom stereocenters. The van der Waals surface area contributed by atoms with Gasteiger partial charge in [-0.15, -0.1) is 0 Å². The average Bonchev–Trinajstić information content (AvgIpc) is 2.62. The van der Waals surface area contributed by atoms with Crippen molar-refractivity contribution in [1.82, 2.24) is 4.90 Å². The number of carbonyl (C=O) groups is 1. The van der Waals surface area contributed by atoms with E-state index >= 15 is 0 Å². The molecule has 2 aromatic rings. The summed E-state index contributed by atoms with van der Waals surface area (Å²) in [5, 5.41) is 10.8. The minimum Gasteiger partial charge on any atom is -0.368 e. The molecule has 1 fully saturated rings. The van der Waals surface area contributed by atoms with Gasteiger partial charge in [0, 0.05) is 49.6 Å². The van der Waals surface area contributed by atoms with Crippen molar-refractivity contribution in [2.24, 2.45) is 0 Å². The fourth-order valence-electron chi connectivity index (χ4n) is 2.86. The number of non-ortho nitro benzene ring substituents is 1. The molecule has 1 heterocycles. The summed E-state index contributed by atoms with van der Waals surface area (Å²) in [5.41, 5.74) is 2.69. The van der Waals surface area contributed by atoms with Crippen LogP contribution in [0.1, 0.15) is 15.9 Å². The molecule has 0 aliphatic carbocycles. The Bertz CT molecular complexity index is 750. The normalized spacial score (nSPS) is 14.5. The van der Waals surface area contributed by atoms with Crippen LogP contribution in [0.15, 0.2) is 48.5 Å². The number of amides is 1. The van der Waals surface area contributed by atoms with E-state index in [1.165, 1.54) is 17.7 Å². The van der Waals surface area contributed by atoms with Gasteiger partial charge in [-0.2, -0.15) is 0 Å². The number of anilines is 1. The molecular formula is C18H19N3O3. The van der Waals surface area contributed by atoms with Crippen LogP contribution in [-0.2, 0) is 0 Å². The number of rotatable bonds is 3. The molecule has 124 valence electrons. The molecule has 1 amide bonds. The van der Waals surface area contributed by atoms with E-state index in [9.17, 15) is 14.9 Å². The van der Waals surface area contributed by atoms with Gasteiger partial charge in [-0.3, -0.25) is 14.9 Å². The molecule has 1 aliphatic rings. The minimum atomic E-state index is -0.480. The molecule has 1 saturated heterocycles. The molecule has 0 radical (unpaired) electrons. The Hall–Kier alpha value is -2.89. The third-order valence-corrected chi connectivity index (χ3v) is 4.27. The van der Waals surface area contributed by atoms with Crippen LogP contribution in [0.2, 0.25) is 0 Å². The molecule has 0 bridgehead atoms. The number of piperazine rings is 1. The molecule has 0 saturated carbocycles. The first-order valence-electron chi connectivity index (χ1n) is 7.90. The Morgan fingerprint density at radius 3 is 2.33 bits per heavy atom. The number of hydrogen-bond donors (Lipinski definition) is 0.